The normalized spacial score (nSPS) is 15.9. The van der Waals surface area contributed by atoms with Gasteiger partial charge in [-0.05, 0) is 23.8 Å². The molecular weight excluding hydrogens is 483 g/mol. The van der Waals surface area contributed by atoms with Crippen LogP contribution in [0.5, 0.6) is 5.75 Å². The van der Waals surface area contributed by atoms with Crippen molar-refractivity contribution in [1.82, 2.24) is 0 Å². The van der Waals surface area contributed by atoms with Gasteiger partial charge in [-0.25, -0.2) is 22.0 Å². The van der Waals surface area contributed by atoms with E-state index in [0.717, 1.165) is 9.48 Å². The Balaban J connectivity index is 1.92. The molecule has 0 aliphatic carbocycles. The molecule has 4 rings (SSSR count). The molecule has 3 aromatic rings. The van der Waals surface area contributed by atoms with Crippen molar-refractivity contribution >= 4 is 27.3 Å². The predicted molar refractivity (Wildman–Crippen MR) is 110 cm³/mol. The molecule has 0 bridgehead atoms. The minimum absolute atomic E-state index is 0.154. The van der Waals surface area contributed by atoms with Crippen LogP contribution in [0.15, 0.2) is 58.1 Å². The van der Waals surface area contributed by atoms with Gasteiger partial charge in [0.1, 0.15) is 11.4 Å². The van der Waals surface area contributed by atoms with Gasteiger partial charge in [-0.3, -0.25) is 5.01 Å². The first kappa shape index (κ1) is 21.3. The summed E-state index contributed by atoms with van der Waals surface area (Å²) in [7, 11) is 1.42. The Bertz CT molecular complexity index is 1150. The monoisotopic (exact) mass is 496 g/mol. The predicted octanol–water partition coefficient (Wildman–Crippen LogP) is 6.51. The number of halogens is 6. The van der Waals surface area contributed by atoms with Gasteiger partial charge in [0, 0.05) is 16.5 Å². The number of methoxy groups -OCH3 is 1. The van der Waals surface area contributed by atoms with E-state index in [9.17, 15) is 22.0 Å². The molecule has 1 aliphatic rings. The molecule has 9 heteroatoms. The fourth-order valence-corrected chi connectivity index (χ4v) is 3.78. The molecule has 3 aromatic carbocycles. The fraction of sp³-hybridized carbons (Fsp3) is 0.136. The van der Waals surface area contributed by atoms with Crippen molar-refractivity contribution in [2.24, 2.45) is 5.10 Å². The lowest BCUT2D eigenvalue weighted by atomic mass is 9.97. The van der Waals surface area contributed by atoms with Gasteiger partial charge < -0.3 is 4.74 Å². The molecule has 0 saturated carbocycles. The van der Waals surface area contributed by atoms with E-state index in [0.29, 0.717) is 22.6 Å². The summed E-state index contributed by atoms with van der Waals surface area (Å²) < 4.78 is 76.9. The lowest BCUT2D eigenvalue weighted by Crippen LogP contribution is -2.23. The maximum Gasteiger partial charge on any atom is 0.200 e. The zero-order valence-electron chi connectivity index (χ0n) is 16.0. The van der Waals surface area contributed by atoms with Crippen molar-refractivity contribution in [2.45, 2.75) is 12.5 Å². The minimum Gasteiger partial charge on any atom is -0.496 e. The SMILES string of the molecule is COc1ccccc1[C@@H]1CC(c2ccc(Br)cc2)=NN1c1c(F)c(F)c(F)c(F)c1F. The quantitative estimate of drug-likeness (QED) is 0.233. The maximum atomic E-state index is 14.6. The van der Waals surface area contributed by atoms with E-state index < -0.39 is 40.8 Å². The molecule has 31 heavy (non-hydrogen) atoms. The zero-order valence-corrected chi connectivity index (χ0v) is 17.6. The summed E-state index contributed by atoms with van der Waals surface area (Å²) in [5, 5.41) is 5.11. The number of hydrogen-bond donors (Lipinski definition) is 0. The standard InChI is InChI=1S/C22H14BrF5N2O/c1-31-16-5-3-2-4-13(16)15-10-14(11-6-8-12(23)9-7-11)29-30(15)22-20(27)18(25)17(24)19(26)21(22)28/h2-9,15H,10H2,1H3/t15-/m0/s1. The average molecular weight is 497 g/mol. The zero-order chi connectivity index (χ0) is 22.3. The molecule has 1 atom stereocenters. The van der Waals surface area contributed by atoms with Crippen LogP contribution in [-0.2, 0) is 0 Å². The molecule has 0 fully saturated rings. The molecule has 0 N–H and O–H groups in total. The molecule has 0 amide bonds. The Hall–Kier alpha value is -2.94. The Morgan fingerprint density at radius 1 is 0.871 bits per heavy atom. The highest BCUT2D eigenvalue weighted by molar-refractivity contribution is 9.10. The van der Waals surface area contributed by atoms with Crippen LogP contribution < -0.4 is 9.75 Å². The summed E-state index contributed by atoms with van der Waals surface area (Å²) in [5.74, 6) is -9.77. The molecule has 160 valence electrons. The molecule has 0 spiro atoms. The second-order valence-electron chi connectivity index (χ2n) is 6.78. The minimum atomic E-state index is -2.22. The summed E-state index contributed by atoms with van der Waals surface area (Å²) >= 11 is 3.33. The smallest absolute Gasteiger partial charge is 0.200 e. The van der Waals surface area contributed by atoms with Crippen molar-refractivity contribution in [1.29, 1.82) is 0 Å². The number of nitrogens with zero attached hydrogens (tertiary/aromatic N) is 2. The van der Waals surface area contributed by atoms with Crippen LogP contribution in [0.2, 0.25) is 0 Å². The van der Waals surface area contributed by atoms with Crippen molar-refractivity contribution in [2.75, 3.05) is 12.1 Å². The second kappa shape index (κ2) is 8.30. The van der Waals surface area contributed by atoms with Crippen LogP contribution in [0, 0.1) is 29.1 Å². The summed E-state index contributed by atoms with van der Waals surface area (Å²) in [6.45, 7) is 0. The van der Waals surface area contributed by atoms with Gasteiger partial charge in [0.15, 0.2) is 23.3 Å². The third kappa shape index (κ3) is 3.67. The van der Waals surface area contributed by atoms with Gasteiger partial charge in [0.25, 0.3) is 0 Å². The van der Waals surface area contributed by atoms with Crippen LogP contribution in [0.25, 0.3) is 0 Å². The second-order valence-corrected chi connectivity index (χ2v) is 7.69. The summed E-state index contributed by atoms with van der Waals surface area (Å²) in [5.41, 5.74) is 0.450. The van der Waals surface area contributed by atoms with E-state index in [2.05, 4.69) is 21.0 Å². The molecule has 0 unspecified atom stereocenters. The highest BCUT2D eigenvalue weighted by atomic mass is 79.9. The van der Waals surface area contributed by atoms with Crippen molar-refractivity contribution in [3.63, 3.8) is 0 Å². The summed E-state index contributed by atoms with van der Waals surface area (Å²) in [6, 6.07) is 12.8. The van der Waals surface area contributed by atoms with Gasteiger partial charge in [-0.2, -0.15) is 5.10 Å². The van der Waals surface area contributed by atoms with Crippen LogP contribution >= 0.6 is 15.9 Å². The Morgan fingerprint density at radius 2 is 1.45 bits per heavy atom. The number of rotatable bonds is 4. The molecule has 0 aromatic heterocycles. The van der Waals surface area contributed by atoms with E-state index in [1.807, 2.05) is 0 Å². The van der Waals surface area contributed by atoms with E-state index >= 15 is 0 Å². The number of hydrogen-bond acceptors (Lipinski definition) is 3. The number of ether oxygens (including phenoxy) is 1. The lowest BCUT2D eigenvalue weighted by Gasteiger charge is -2.26. The van der Waals surface area contributed by atoms with Crippen LogP contribution in [0.4, 0.5) is 27.6 Å². The summed E-state index contributed by atoms with van der Waals surface area (Å²) in [6.07, 6.45) is 0.154. The van der Waals surface area contributed by atoms with Crippen molar-refractivity contribution in [3.05, 3.63) is 93.2 Å². The first-order chi connectivity index (χ1) is 14.8. The van der Waals surface area contributed by atoms with E-state index in [1.165, 1.54) is 7.11 Å². The molecule has 1 aliphatic heterocycles. The number of anilines is 1. The number of para-hydroxylation sites is 1. The first-order valence-electron chi connectivity index (χ1n) is 9.10. The van der Waals surface area contributed by atoms with Crippen molar-refractivity contribution in [3.8, 4) is 5.75 Å². The van der Waals surface area contributed by atoms with E-state index in [4.69, 9.17) is 4.74 Å². The molecule has 3 nitrogen and oxygen atoms in total. The Morgan fingerprint density at radius 3 is 2.06 bits per heavy atom. The highest BCUT2D eigenvalue weighted by Gasteiger charge is 2.38. The number of hydrazone groups is 1. The Labute approximate surface area is 182 Å². The van der Waals surface area contributed by atoms with Gasteiger partial charge in [0.2, 0.25) is 5.82 Å². The lowest BCUT2D eigenvalue weighted by molar-refractivity contribution is 0.376. The van der Waals surface area contributed by atoms with Crippen LogP contribution in [0.3, 0.4) is 0 Å². The summed E-state index contributed by atoms with van der Waals surface area (Å²) in [4.78, 5) is 0. The topological polar surface area (TPSA) is 24.8 Å². The Kier molecular flexibility index (Phi) is 5.70. The molecular formula is C22H14BrF5N2O. The third-order valence-corrected chi connectivity index (χ3v) is 5.53. The molecule has 1 heterocycles. The van der Waals surface area contributed by atoms with Gasteiger partial charge in [-0.1, -0.05) is 46.3 Å². The number of benzene rings is 3. The van der Waals surface area contributed by atoms with Gasteiger partial charge in [0.05, 0.1) is 18.9 Å². The molecule has 0 saturated heterocycles. The van der Waals surface area contributed by atoms with Gasteiger partial charge in [-0.15, -0.1) is 0 Å². The fourth-order valence-electron chi connectivity index (χ4n) is 3.51. The van der Waals surface area contributed by atoms with E-state index in [-0.39, 0.29) is 6.42 Å². The van der Waals surface area contributed by atoms with Crippen LogP contribution in [-0.4, -0.2) is 12.8 Å². The third-order valence-electron chi connectivity index (χ3n) is 5.00. The molecule has 0 radical (unpaired) electrons. The van der Waals surface area contributed by atoms with Crippen LogP contribution in [0.1, 0.15) is 23.6 Å². The highest BCUT2D eigenvalue weighted by Crippen LogP contribution is 2.43. The first-order valence-corrected chi connectivity index (χ1v) is 9.89. The maximum absolute atomic E-state index is 14.6. The largest absolute Gasteiger partial charge is 0.496 e. The van der Waals surface area contributed by atoms with Crippen molar-refractivity contribution < 1.29 is 26.7 Å². The van der Waals surface area contributed by atoms with Gasteiger partial charge >= 0.3 is 0 Å². The van der Waals surface area contributed by atoms with E-state index in [1.54, 1.807) is 48.5 Å². The average Bonchev–Trinajstić information content (AvgIpc) is 3.21.